The van der Waals surface area contributed by atoms with Crippen molar-refractivity contribution in [2.45, 2.75) is 63.9 Å². The Bertz CT molecular complexity index is 189. The Balaban J connectivity index is 1.74. The zero-order chi connectivity index (χ0) is 10.5. The summed E-state index contributed by atoms with van der Waals surface area (Å²) in [5, 5.41) is 0. The van der Waals surface area contributed by atoms with Gasteiger partial charge in [-0.15, -0.1) is 0 Å². The smallest absolute Gasteiger partial charge is 0.293 e. The predicted molar refractivity (Wildman–Crippen MR) is 59.5 cm³/mol. The van der Waals surface area contributed by atoms with Crippen LogP contribution in [-0.2, 0) is 9.53 Å². The normalized spacial score (nSPS) is 33.6. The fraction of sp³-hybridized carbons (Fsp3) is 0.923. The fourth-order valence-corrected chi connectivity index (χ4v) is 3.38. The number of carbonyl (C=O) groups is 1. The third-order valence-electron chi connectivity index (χ3n) is 4.28. The molecule has 2 aliphatic carbocycles. The van der Waals surface area contributed by atoms with E-state index in [1.165, 1.54) is 44.9 Å². The molecule has 0 bridgehead atoms. The first-order chi connectivity index (χ1) is 7.40. The molecule has 2 aliphatic rings. The molecule has 0 aromatic rings. The van der Waals surface area contributed by atoms with Crippen molar-refractivity contribution in [3.05, 3.63) is 0 Å². The van der Waals surface area contributed by atoms with E-state index in [9.17, 15) is 4.79 Å². The lowest BCUT2D eigenvalue weighted by molar-refractivity contribution is -0.135. The summed E-state index contributed by atoms with van der Waals surface area (Å²) in [4.78, 5) is 10.2. The van der Waals surface area contributed by atoms with Crippen LogP contribution >= 0.6 is 0 Å². The van der Waals surface area contributed by atoms with Crippen LogP contribution in [0.15, 0.2) is 0 Å². The third kappa shape index (κ3) is 2.96. The molecule has 2 rings (SSSR count). The topological polar surface area (TPSA) is 26.3 Å². The minimum Gasteiger partial charge on any atom is -0.465 e. The lowest BCUT2D eigenvalue weighted by atomic mass is 9.73. The van der Waals surface area contributed by atoms with E-state index < -0.39 is 0 Å². The summed E-state index contributed by atoms with van der Waals surface area (Å²) in [6.45, 7) is 0.617. The van der Waals surface area contributed by atoms with Crippen LogP contribution in [-0.4, -0.2) is 12.6 Å². The van der Waals surface area contributed by atoms with Gasteiger partial charge < -0.3 is 4.74 Å². The summed E-state index contributed by atoms with van der Waals surface area (Å²) in [5.74, 6) is 1.91. The molecule has 0 atom stereocenters. The third-order valence-corrected chi connectivity index (χ3v) is 4.28. The van der Waals surface area contributed by atoms with Gasteiger partial charge in [-0.1, -0.05) is 32.1 Å². The van der Waals surface area contributed by atoms with Gasteiger partial charge >= 0.3 is 0 Å². The molecule has 0 heterocycles. The van der Waals surface area contributed by atoms with Crippen molar-refractivity contribution >= 4 is 6.47 Å². The van der Waals surface area contributed by atoms with Gasteiger partial charge in [-0.2, -0.15) is 0 Å². The lowest BCUT2D eigenvalue weighted by Gasteiger charge is -2.35. The highest BCUT2D eigenvalue weighted by Gasteiger charge is 2.28. The standard InChI is InChI=1S/C13H22O2/c14-10-15-13-8-6-12(7-9-13)11-4-2-1-3-5-11/h10-13H,1-9H2. The van der Waals surface area contributed by atoms with Gasteiger partial charge in [-0.25, -0.2) is 0 Å². The predicted octanol–water partition coefficient (Wildman–Crippen LogP) is 3.30. The van der Waals surface area contributed by atoms with Gasteiger partial charge in [0.15, 0.2) is 0 Å². The maximum absolute atomic E-state index is 10.2. The second-order valence-electron chi connectivity index (χ2n) is 5.17. The van der Waals surface area contributed by atoms with E-state index in [0.29, 0.717) is 6.47 Å². The minimum absolute atomic E-state index is 0.224. The van der Waals surface area contributed by atoms with Crippen LogP contribution in [0, 0.1) is 11.8 Å². The maximum Gasteiger partial charge on any atom is 0.293 e. The van der Waals surface area contributed by atoms with Gasteiger partial charge in [-0.3, -0.25) is 4.79 Å². The van der Waals surface area contributed by atoms with Crippen molar-refractivity contribution in [3.8, 4) is 0 Å². The van der Waals surface area contributed by atoms with Gasteiger partial charge in [0.1, 0.15) is 6.10 Å². The van der Waals surface area contributed by atoms with Crippen LogP contribution in [0.25, 0.3) is 0 Å². The fourth-order valence-electron chi connectivity index (χ4n) is 3.38. The van der Waals surface area contributed by atoms with Crippen LogP contribution in [0.4, 0.5) is 0 Å². The number of rotatable bonds is 3. The lowest BCUT2D eigenvalue weighted by Crippen LogP contribution is -2.27. The summed E-state index contributed by atoms with van der Waals surface area (Å²) < 4.78 is 5.04. The molecule has 0 aliphatic heterocycles. The number of carbonyl (C=O) groups excluding carboxylic acids is 1. The molecule has 15 heavy (non-hydrogen) atoms. The average molecular weight is 210 g/mol. The first kappa shape index (κ1) is 11.0. The van der Waals surface area contributed by atoms with Crippen molar-refractivity contribution in [1.29, 1.82) is 0 Å². The van der Waals surface area contributed by atoms with Gasteiger partial charge in [0.2, 0.25) is 0 Å². The van der Waals surface area contributed by atoms with E-state index in [1.807, 2.05) is 0 Å². The van der Waals surface area contributed by atoms with Crippen molar-refractivity contribution in [2.75, 3.05) is 0 Å². The summed E-state index contributed by atoms with van der Waals surface area (Å²) in [6.07, 6.45) is 12.2. The molecule has 86 valence electrons. The van der Waals surface area contributed by atoms with E-state index in [-0.39, 0.29) is 6.10 Å². The summed E-state index contributed by atoms with van der Waals surface area (Å²) in [7, 11) is 0. The van der Waals surface area contributed by atoms with Crippen LogP contribution in [0.5, 0.6) is 0 Å². The van der Waals surface area contributed by atoms with Crippen molar-refractivity contribution < 1.29 is 9.53 Å². The van der Waals surface area contributed by atoms with Gasteiger partial charge in [0, 0.05) is 0 Å². The zero-order valence-electron chi connectivity index (χ0n) is 9.49. The van der Waals surface area contributed by atoms with Crippen molar-refractivity contribution in [2.24, 2.45) is 11.8 Å². The Labute approximate surface area is 92.4 Å². The largest absolute Gasteiger partial charge is 0.465 e. The minimum atomic E-state index is 0.224. The van der Waals surface area contributed by atoms with Gasteiger partial charge in [-0.05, 0) is 37.5 Å². The molecular formula is C13H22O2. The molecule has 0 aromatic carbocycles. The Morgan fingerprint density at radius 2 is 1.40 bits per heavy atom. The molecule has 0 spiro atoms. The van der Waals surface area contributed by atoms with E-state index in [0.717, 1.165) is 24.7 Å². The summed E-state index contributed by atoms with van der Waals surface area (Å²) in [5.41, 5.74) is 0. The highest BCUT2D eigenvalue weighted by molar-refractivity contribution is 5.37. The van der Waals surface area contributed by atoms with Crippen molar-refractivity contribution in [3.63, 3.8) is 0 Å². The quantitative estimate of drug-likeness (QED) is 0.668. The average Bonchev–Trinajstić information content (AvgIpc) is 2.32. The number of ether oxygens (including phenoxy) is 1. The van der Waals surface area contributed by atoms with E-state index in [2.05, 4.69) is 0 Å². The molecular weight excluding hydrogens is 188 g/mol. The monoisotopic (exact) mass is 210 g/mol. The molecule has 0 radical (unpaired) electrons. The van der Waals surface area contributed by atoms with Crippen LogP contribution in [0.3, 0.4) is 0 Å². The van der Waals surface area contributed by atoms with Gasteiger partial charge in [0.05, 0.1) is 0 Å². The van der Waals surface area contributed by atoms with Crippen molar-refractivity contribution in [1.82, 2.24) is 0 Å². The Hall–Kier alpha value is -0.530. The first-order valence-corrected chi connectivity index (χ1v) is 6.49. The second kappa shape index (κ2) is 5.53. The van der Waals surface area contributed by atoms with E-state index >= 15 is 0 Å². The molecule has 0 aromatic heterocycles. The van der Waals surface area contributed by atoms with E-state index in [1.54, 1.807) is 0 Å². The number of hydrogen-bond acceptors (Lipinski definition) is 2. The Kier molecular flexibility index (Phi) is 4.04. The molecule has 2 nitrogen and oxygen atoms in total. The van der Waals surface area contributed by atoms with Gasteiger partial charge in [0.25, 0.3) is 6.47 Å². The van der Waals surface area contributed by atoms with Crippen LogP contribution < -0.4 is 0 Å². The Morgan fingerprint density at radius 1 is 0.800 bits per heavy atom. The molecule has 0 unspecified atom stereocenters. The maximum atomic E-state index is 10.2. The highest BCUT2D eigenvalue weighted by atomic mass is 16.5. The van der Waals surface area contributed by atoms with Crippen LogP contribution in [0.2, 0.25) is 0 Å². The molecule has 0 N–H and O–H groups in total. The second-order valence-corrected chi connectivity index (χ2v) is 5.17. The number of hydrogen-bond donors (Lipinski definition) is 0. The molecule has 2 saturated carbocycles. The molecule has 0 amide bonds. The molecule has 0 saturated heterocycles. The summed E-state index contributed by atoms with van der Waals surface area (Å²) in [6, 6.07) is 0. The highest BCUT2D eigenvalue weighted by Crippen LogP contribution is 2.38. The Morgan fingerprint density at radius 3 is 2.00 bits per heavy atom. The van der Waals surface area contributed by atoms with Crippen LogP contribution in [0.1, 0.15) is 57.8 Å². The van der Waals surface area contributed by atoms with E-state index in [4.69, 9.17) is 4.74 Å². The molecule has 2 heteroatoms. The molecule has 2 fully saturated rings. The summed E-state index contributed by atoms with van der Waals surface area (Å²) >= 11 is 0. The first-order valence-electron chi connectivity index (χ1n) is 6.49. The SMILES string of the molecule is O=COC1CCC(C2CCCCC2)CC1. The zero-order valence-corrected chi connectivity index (χ0v) is 9.49.